The van der Waals surface area contributed by atoms with Gasteiger partial charge in [-0.25, -0.2) is 4.79 Å². The van der Waals surface area contributed by atoms with Gasteiger partial charge in [-0.3, -0.25) is 0 Å². The van der Waals surface area contributed by atoms with E-state index < -0.39 is 0 Å². The fraction of sp³-hybridized carbons (Fsp3) is 0.400. The van der Waals surface area contributed by atoms with E-state index in [2.05, 4.69) is 24.0 Å². The molecule has 0 radical (unpaired) electrons. The quantitative estimate of drug-likeness (QED) is 0.848. The van der Waals surface area contributed by atoms with Gasteiger partial charge in [0.1, 0.15) is 6.61 Å². The maximum atomic E-state index is 12.0. The van der Waals surface area contributed by atoms with Crippen molar-refractivity contribution in [2.45, 2.75) is 19.0 Å². The molecule has 4 nitrogen and oxygen atoms in total. The number of piperazine rings is 1. The number of hydrogen-bond acceptors (Lipinski definition) is 3. The summed E-state index contributed by atoms with van der Waals surface area (Å²) in [5.41, 5.74) is 1.19. The summed E-state index contributed by atoms with van der Waals surface area (Å²) in [6, 6.07) is 10.4. The van der Waals surface area contributed by atoms with E-state index in [-0.39, 0.29) is 24.8 Å². The second-order valence-electron chi connectivity index (χ2n) is 4.74. The lowest BCUT2D eigenvalue weighted by molar-refractivity contribution is 0.0793. The minimum Gasteiger partial charge on any atom is -0.445 e. The van der Waals surface area contributed by atoms with Crippen LogP contribution < -0.4 is 5.32 Å². The molecule has 102 valence electrons. The van der Waals surface area contributed by atoms with Crippen molar-refractivity contribution < 1.29 is 9.53 Å². The summed E-state index contributed by atoms with van der Waals surface area (Å²) in [6.07, 6.45) is 1.31. The molecule has 2 rings (SSSR count). The predicted molar refractivity (Wildman–Crippen MR) is 74.9 cm³/mol. The zero-order valence-corrected chi connectivity index (χ0v) is 11.2. The Bertz CT molecular complexity index is 433. The van der Waals surface area contributed by atoms with Crippen LogP contribution in [-0.4, -0.2) is 36.7 Å². The summed E-state index contributed by atoms with van der Waals surface area (Å²) < 4.78 is 5.13. The van der Waals surface area contributed by atoms with Crippen LogP contribution in [0.4, 0.5) is 4.79 Å². The molecule has 1 fully saturated rings. The van der Waals surface area contributed by atoms with Crippen LogP contribution in [0, 0.1) is 0 Å². The third-order valence-corrected chi connectivity index (χ3v) is 3.33. The monoisotopic (exact) mass is 260 g/mol. The minimum absolute atomic E-state index is 0.136. The largest absolute Gasteiger partial charge is 0.445 e. The molecule has 1 saturated heterocycles. The van der Waals surface area contributed by atoms with Gasteiger partial charge in [-0.2, -0.15) is 0 Å². The molecule has 0 aromatic heterocycles. The average molecular weight is 260 g/mol. The lowest BCUT2D eigenvalue weighted by Gasteiger charge is -2.38. The highest BCUT2D eigenvalue weighted by molar-refractivity contribution is 5.68. The number of rotatable bonds is 3. The van der Waals surface area contributed by atoms with Crippen LogP contribution in [-0.2, 0) is 4.74 Å². The predicted octanol–water partition coefficient (Wildman–Crippen LogP) is 2.34. The van der Waals surface area contributed by atoms with Gasteiger partial charge in [0.2, 0.25) is 0 Å². The Morgan fingerprint density at radius 2 is 2.26 bits per heavy atom. The fourth-order valence-corrected chi connectivity index (χ4v) is 2.24. The standard InChI is InChI=1S/C15H20N2O2/c1-3-9-19-15(18)17-11-14(16-10-12(17)2)13-7-5-4-6-8-13/h3-8,12,14,16H,1,9-11H2,2H3. The van der Waals surface area contributed by atoms with Crippen LogP contribution in [0.5, 0.6) is 0 Å². The Kier molecular flexibility index (Phi) is 4.58. The highest BCUT2D eigenvalue weighted by atomic mass is 16.6. The van der Waals surface area contributed by atoms with E-state index in [1.54, 1.807) is 11.0 Å². The molecule has 1 aromatic carbocycles. The van der Waals surface area contributed by atoms with Crippen molar-refractivity contribution in [2.24, 2.45) is 0 Å². The van der Waals surface area contributed by atoms with E-state index >= 15 is 0 Å². The van der Waals surface area contributed by atoms with Gasteiger partial charge < -0.3 is 15.0 Å². The number of amides is 1. The van der Waals surface area contributed by atoms with Crippen molar-refractivity contribution in [3.05, 3.63) is 48.6 Å². The smallest absolute Gasteiger partial charge is 0.410 e. The van der Waals surface area contributed by atoms with Gasteiger partial charge in [-0.15, -0.1) is 0 Å². The molecule has 0 bridgehead atoms. The topological polar surface area (TPSA) is 41.6 Å². The molecule has 1 N–H and O–H groups in total. The average Bonchev–Trinajstić information content (AvgIpc) is 2.46. The summed E-state index contributed by atoms with van der Waals surface area (Å²) in [6.45, 7) is 7.22. The van der Waals surface area contributed by atoms with Crippen LogP contribution in [0.3, 0.4) is 0 Å². The van der Waals surface area contributed by atoms with Crippen LogP contribution >= 0.6 is 0 Å². The number of ether oxygens (including phenoxy) is 1. The van der Waals surface area contributed by atoms with Gasteiger partial charge in [0.25, 0.3) is 0 Å². The van der Waals surface area contributed by atoms with Crippen LogP contribution in [0.15, 0.2) is 43.0 Å². The Labute approximate surface area is 114 Å². The summed E-state index contributed by atoms with van der Waals surface area (Å²) in [5.74, 6) is 0. The van der Waals surface area contributed by atoms with Gasteiger partial charge in [0.15, 0.2) is 0 Å². The molecule has 1 heterocycles. The van der Waals surface area contributed by atoms with Crippen molar-refractivity contribution >= 4 is 6.09 Å². The molecular weight excluding hydrogens is 240 g/mol. The Hall–Kier alpha value is -1.81. The highest BCUT2D eigenvalue weighted by Gasteiger charge is 2.30. The lowest BCUT2D eigenvalue weighted by atomic mass is 10.0. The zero-order valence-electron chi connectivity index (χ0n) is 11.2. The molecule has 0 saturated carbocycles. The number of nitrogens with one attached hydrogen (secondary N) is 1. The first-order valence-electron chi connectivity index (χ1n) is 6.55. The van der Waals surface area contributed by atoms with E-state index in [1.807, 2.05) is 25.1 Å². The van der Waals surface area contributed by atoms with E-state index in [0.29, 0.717) is 6.54 Å². The Balaban J connectivity index is 2.03. The molecule has 2 unspecified atom stereocenters. The van der Waals surface area contributed by atoms with Crippen molar-refractivity contribution in [3.63, 3.8) is 0 Å². The van der Waals surface area contributed by atoms with Gasteiger partial charge in [-0.1, -0.05) is 43.0 Å². The van der Waals surface area contributed by atoms with Crippen molar-refractivity contribution in [3.8, 4) is 0 Å². The first kappa shape index (κ1) is 13.6. The van der Waals surface area contributed by atoms with Gasteiger partial charge in [0.05, 0.1) is 6.04 Å². The van der Waals surface area contributed by atoms with E-state index in [4.69, 9.17) is 4.74 Å². The molecule has 2 atom stereocenters. The minimum atomic E-state index is -0.269. The summed E-state index contributed by atoms with van der Waals surface area (Å²) in [7, 11) is 0. The van der Waals surface area contributed by atoms with E-state index in [9.17, 15) is 4.79 Å². The SMILES string of the molecule is C=CCOC(=O)N1CC(c2ccccc2)NCC1C. The van der Waals surface area contributed by atoms with Gasteiger partial charge in [0, 0.05) is 19.1 Å². The van der Waals surface area contributed by atoms with Gasteiger partial charge in [-0.05, 0) is 12.5 Å². The number of carbonyl (C=O) groups excluding carboxylic acids is 1. The van der Waals surface area contributed by atoms with Crippen LogP contribution in [0.2, 0.25) is 0 Å². The Morgan fingerprint density at radius 1 is 1.53 bits per heavy atom. The number of hydrogen-bond donors (Lipinski definition) is 1. The molecule has 19 heavy (non-hydrogen) atoms. The number of benzene rings is 1. The first-order valence-corrected chi connectivity index (χ1v) is 6.55. The summed E-state index contributed by atoms with van der Waals surface area (Å²) in [5, 5.41) is 3.46. The molecule has 4 heteroatoms. The maximum absolute atomic E-state index is 12.0. The molecule has 1 amide bonds. The third-order valence-electron chi connectivity index (χ3n) is 3.33. The molecule has 0 spiro atoms. The molecule has 0 aliphatic carbocycles. The summed E-state index contributed by atoms with van der Waals surface area (Å²) in [4.78, 5) is 13.7. The Morgan fingerprint density at radius 3 is 2.95 bits per heavy atom. The molecule has 1 aliphatic rings. The highest BCUT2D eigenvalue weighted by Crippen LogP contribution is 2.20. The van der Waals surface area contributed by atoms with Crippen LogP contribution in [0.25, 0.3) is 0 Å². The number of nitrogens with zero attached hydrogens (tertiary/aromatic N) is 1. The first-order chi connectivity index (χ1) is 9.22. The summed E-state index contributed by atoms with van der Waals surface area (Å²) >= 11 is 0. The van der Waals surface area contributed by atoms with E-state index in [0.717, 1.165) is 6.54 Å². The molecule has 1 aromatic rings. The van der Waals surface area contributed by atoms with Crippen molar-refractivity contribution in [1.82, 2.24) is 10.2 Å². The van der Waals surface area contributed by atoms with Crippen molar-refractivity contribution in [1.29, 1.82) is 0 Å². The van der Waals surface area contributed by atoms with Crippen LogP contribution in [0.1, 0.15) is 18.5 Å². The fourth-order valence-electron chi connectivity index (χ4n) is 2.24. The second kappa shape index (κ2) is 6.38. The second-order valence-corrected chi connectivity index (χ2v) is 4.74. The van der Waals surface area contributed by atoms with E-state index in [1.165, 1.54) is 5.56 Å². The van der Waals surface area contributed by atoms with Crippen molar-refractivity contribution in [2.75, 3.05) is 19.7 Å². The molecular formula is C15H20N2O2. The number of carbonyl (C=O) groups is 1. The zero-order chi connectivity index (χ0) is 13.7. The normalized spacial score (nSPS) is 22.9. The third kappa shape index (κ3) is 3.35. The molecule has 1 aliphatic heterocycles. The maximum Gasteiger partial charge on any atom is 0.410 e. The lowest BCUT2D eigenvalue weighted by Crippen LogP contribution is -2.53. The van der Waals surface area contributed by atoms with Gasteiger partial charge >= 0.3 is 6.09 Å².